The summed E-state index contributed by atoms with van der Waals surface area (Å²) in [6, 6.07) is 12.6. The number of aromatic nitrogens is 3. The second kappa shape index (κ2) is 8.44. The molecule has 0 amide bonds. The maximum atomic E-state index is 12.8. The van der Waals surface area contributed by atoms with Crippen LogP contribution in [0.1, 0.15) is 17.3 Å². The number of benzene rings is 2. The summed E-state index contributed by atoms with van der Waals surface area (Å²) in [4.78, 5) is 12.4. The molecule has 10 heteroatoms. The maximum absolute atomic E-state index is 12.8. The van der Waals surface area contributed by atoms with Crippen LogP contribution in [0.25, 0.3) is 0 Å². The molecule has 0 radical (unpaired) electrons. The maximum Gasteiger partial charge on any atom is 0.338 e. The fraction of sp³-hybridized carbons (Fsp3) is 0.167. The average molecular weight is 419 g/mol. The molecule has 2 aromatic carbocycles. The van der Waals surface area contributed by atoms with Gasteiger partial charge in [-0.2, -0.15) is 0 Å². The van der Waals surface area contributed by atoms with Crippen LogP contribution in [0.2, 0.25) is 0 Å². The number of nitrogens with zero attached hydrogens (tertiary/aromatic N) is 3. The highest BCUT2D eigenvalue weighted by Gasteiger charge is 2.18. The van der Waals surface area contributed by atoms with E-state index in [0.29, 0.717) is 21.3 Å². The topological polar surface area (TPSA) is 103 Å². The van der Waals surface area contributed by atoms with Gasteiger partial charge in [0.05, 0.1) is 22.8 Å². The summed E-state index contributed by atoms with van der Waals surface area (Å²) >= 11 is 1.30. The minimum absolute atomic E-state index is 0.0407. The Morgan fingerprint density at radius 3 is 2.54 bits per heavy atom. The van der Waals surface area contributed by atoms with Crippen molar-refractivity contribution in [3.05, 3.63) is 60.4 Å². The Morgan fingerprint density at radius 1 is 1.18 bits per heavy atom. The first-order chi connectivity index (χ1) is 13.4. The van der Waals surface area contributed by atoms with Crippen LogP contribution >= 0.6 is 11.8 Å². The van der Waals surface area contributed by atoms with Crippen LogP contribution in [0, 0.1) is 0 Å². The lowest BCUT2D eigenvalue weighted by molar-refractivity contribution is 0.0526. The zero-order chi connectivity index (χ0) is 20.1. The number of sulfonamides is 1. The molecule has 0 bridgehead atoms. The number of carbonyl (C=O) groups excluding carboxylic acids is 1. The standard InChI is InChI=1S/C18H18N4O4S2/c1-3-26-17(23)13-8-10-14(11-9-13)28(24,25)21-15-6-4-5-7-16(15)27-18-20-19-12-22(18)2/h4-12,21H,3H2,1-2H3. The molecule has 0 saturated carbocycles. The van der Waals surface area contributed by atoms with Crippen LogP contribution in [0.3, 0.4) is 0 Å². The van der Waals surface area contributed by atoms with E-state index >= 15 is 0 Å². The van der Waals surface area contributed by atoms with Gasteiger partial charge < -0.3 is 9.30 Å². The fourth-order valence-corrected chi connectivity index (χ4v) is 4.29. The van der Waals surface area contributed by atoms with Gasteiger partial charge in [0.2, 0.25) is 0 Å². The Labute approximate surface area is 167 Å². The molecular formula is C18H18N4O4S2. The number of aryl methyl sites for hydroxylation is 1. The van der Waals surface area contributed by atoms with Crippen LogP contribution in [-0.4, -0.2) is 35.8 Å². The molecule has 0 saturated heterocycles. The van der Waals surface area contributed by atoms with Gasteiger partial charge in [0.25, 0.3) is 10.0 Å². The Hall–Kier alpha value is -2.85. The average Bonchev–Trinajstić information content (AvgIpc) is 3.08. The highest BCUT2D eigenvalue weighted by Crippen LogP contribution is 2.33. The lowest BCUT2D eigenvalue weighted by Gasteiger charge is -2.12. The summed E-state index contributed by atoms with van der Waals surface area (Å²) in [6.07, 6.45) is 1.57. The second-order valence-electron chi connectivity index (χ2n) is 5.67. The molecule has 0 aliphatic carbocycles. The van der Waals surface area contributed by atoms with Gasteiger partial charge in [-0.3, -0.25) is 4.72 Å². The quantitative estimate of drug-likeness (QED) is 0.588. The molecule has 8 nitrogen and oxygen atoms in total. The van der Waals surface area contributed by atoms with Gasteiger partial charge in [-0.25, -0.2) is 13.2 Å². The summed E-state index contributed by atoms with van der Waals surface area (Å²) in [7, 11) is -2.03. The van der Waals surface area contributed by atoms with Crippen molar-refractivity contribution in [3.63, 3.8) is 0 Å². The molecule has 28 heavy (non-hydrogen) atoms. The minimum atomic E-state index is -3.84. The molecule has 146 valence electrons. The summed E-state index contributed by atoms with van der Waals surface area (Å²) < 4.78 is 34.8. The smallest absolute Gasteiger partial charge is 0.338 e. The number of ether oxygens (including phenoxy) is 1. The molecule has 1 heterocycles. The number of hydrogen-bond donors (Lipinski definition) is 1. The van der Waals surface area contributed by atoms with Crippen molar-refractivity contribution in [1.82, 2.24) is 14.8 Å². The van der Waals surface area contributed by atoms with Crippen molar-refractivity contribution in [2.75, 3.05) is 11.3 Å². The van der Waals surface area contributed by atoms with Crippen LogP contribution in [0.4, 0.5) is 5.69 Å². The van der Waals surface area contributed by atoms with Gasteiger partial charge in [0, 0.05) is 11.9 Å². The van der Waals surface area contributed by atoms with Gasteiger partial charge in [-0.05, 0) is 55.1 Å². The predicted molar refractivity (Wildman–Crippen MR) is 105 cm³/mol. The number of anilines is 1. The Bertz CT molecular complexity index is 1080. The first-order valence-electron chi connectivity index (χ1n) is 8.31. The van der Waals surface area contributed by atoms with Crippen molar-refractivity contribution in [2.24, 2.45) is 7.05 Å². The van der Waals surface area contributed by atoms with Crippen molar-refractivity contribution in [2.45, 2.75) is 21.9 Å². The van der Waals surface area contributed by atoms with Gasteiger partial charge in [0.1, 0.15) is 6.33 Å². The van der Waals surface area contributed by atoms with E-state index < -0.39 is 16.0 Å². The number of para-hydroxylation sites is 1. The molecule has 3 aromatic rings. The highest BCUT2D eigenvalue weighted by atomic mass is 32.2. The van der Waals surface area contributed by atoms with E-state index in [-0.39, 0.29) is 11.5 Å². The molecule has 1 aromatic heterocycles. The molecular weight excluding hydrogens is 400 g/mol. The van der Waals surface area contributed by atoms with Crippen LogP contribution in [-0.2, 0) is 21.8 Å². The Balaban J connectivity index is 1.83. The first kappa shape index (κ1) is 19.9. The number of nitrogens with one attached hydrogen (secondary N) is 1. The third-order valence-electron chi connectivity index (χ3n) is 3.68. The monoisotopic (exact) mass is 418 g/mol. The van der Waals surface area contributed by atoms with Gasteiger partial charge in [-0.15, -0.1) is 10.2 Å². The van der Waals surface area contributed by atoms with Gasteiger partial charge in [0.15, 0.2) is 5.16 Å². The molecule has 0 aliphatic heterocycles. The van der Waals surface area contributed by atoms with E-state index in [1.54, 1.807) is 43.1 Å². The number of hydrogen-bond acceptors (Lipinski definition) is 7. The predicted octanol–water partition coefficient (Wildman–Crippen LogP) is 2.94. The van der Waals surface area contributed by atoms with Crippen LogP contribution in [0.5, 0.6) is 0 Å². The summed E-state index contributed by atoms with van der Waals surface area (Å²) in [5, 5.41) is 8.45. The van der Waals surface area contributed by atoms with E-state index in [9.17, 15) is 13.2 Å². The van der Waals surface area contributed by atoms with Crippen LogP contribution in [0.15, 0.2) is 69.8 Å². The SMILES string of the molecule is CCOC(=O)c1ccc(S(=O)(=O)Nc2ccccc2Sc2nncn2C)cc1. The lowest BCUT2D eigenvalue weighted by Crippen LogP contribution is -2.14. The number of esters is 1. The third-order valence-corrected chi connectivity index (χ3v) is 6.19. The Morgan fingerprint density at radius 2 is 1.89 bits per heavy atom. The van der Waals surface area contributed by atoms with Crippen molar-refractivity contribution < 1.29 is 17.9 Å². The minimum Gasteiger partial charge on any atom is -0.462 e. The van der Waals surface area contributed by atoms with Crippen molar-refractivity contribution in [3.8, 4) is 0 Å². The largest absolute Gasteiger partial charge is 0.462 e. The molecule has 0 atom stereocenters. The normalized spacial score (nSPS) is 11.2. The lowest BCUT2D eigenvalue weighted by atomic mass is 10.2. The zero-order valence-electron chi connectivity index (χ0n) is 15.2. The molecule has 0 spiro atoms. The molecule has 3 rings (SSSR count). The van der Waals surface area contributed by atoms with Crippen LogP contribution < -0.4 is 4.72 Å². The van der Waals surface area contributed by atoms with E-state index in [4.69, 9.17) is 4.74 Å². The number of rotatable bonds is 7. The highest BCUT2D eigenvalue weighted by molar-refractivity contribution is 7.99. The first-order valence-corrected chi connectivity index (χ1v) is 10.6. The third kappa shape index (κ3) is 4.52. The molecule has 0 aliphatic rings. The van der Waals surface area contributed by atoms with E-state index in [2.05, 4.69) is 14.9 Å². The van der Waals surface area contributed by atoms with E-state index in [1.165, 1.54) is 36.0 Å². The van der Waals surface area contributed by atoms with E-state index in [1.807, 2.05) is 6.07 Å². The second-order valence-corrected chi connectivity index (χ2v) is 8.36. The van der Waals surface area contributed by atoms with Gasteiger partial charge >= 0.3 is 5.97 Å². The Kier molecular flexibility index (Phi) is 6.00. The molecule has 0 unspecified atom stereocenters. The molecule has 1 N–H and O–H groups in total. The zero-order valence-corrected chi connectivity index (χ0v) is 16.8. The van der Waals surface area contributed by atoms with E-state index in [0.717, 1.165) is 0 Å². The van der Waals surface area contributed by atoms with Crippen molar-refractivity contribution in [1.29, 1.82) is 0 Å². The van der Waals surface area contributed by atoms with Crippen molar-refractivity contribution >= 4 is 33.4 Å². The summed E-state index contributed by atoms with van der Waals surface area (Å²) in [6.45, 7) is 1.96. The fourth-order valence-electron chi connectivity index (χ4n) is 2.29. The number of carbonyl (C=O) groups is 1. The summed E-state index contributed by atoms with van der Waals surface area (Å²) in [5.74, 6) is -0.496. The summed E-state index contributed by atoms with van der Waals surface area (Å²) in [5.41, 5.74) is 0.712. The molecule has 0 fully saturated rings. The van der Waals surface area contributed by atoms with Gasteiger partial charge in [-0.1, -0.05) is 12.1 Å².